The summed E-state index contributed by atoms with van der Waals surface area (Å²) in [6.07, 6.45) is 0.534. The van der Waals surface area contributed by atoms with Crippen LogP contribution < -0.4 is 10.5 Å². The normalized spacial score (nSPS) is 29.2. The van der Waals surface area contributed by atoms with Crippen molar-refractivity contribution in [2.24, 2.45) is 5.73 Å². The van der Waals surface area contributed by atoms with Crippen molar-refractivity contribution in [3.05, 3.63) is 0 Å². The predicted octanol–water partition coefficient (Wildman–Crippen LogP) is -0.333. The molecule has 3 unspecified atom stereocenters. The highest BCUT2D eigenvalue weighted by Gasteiger charge is 2.31. The van der Waals surface area contributed by atoms with Crippen LogP contribution in [0, 0.1) is 0 Å². The van der Waals surface area contributed by atoms with Crippen molar-refractivity contribution >= 4 is 10.2 Å². The summed E-state index contributed by atoms with van der Waals surface area (Å²) in [7, 11) is -3.45. The molecule has 1 aliphatic heterocycles. The minimum atomic E-state index is -3.45. The Balaban J connectivity index is 2.69. The van der Waals surface area contributed by atoms with Crippen LogP contribution in [0.2, 0.25) is 0 Å². The molecule has 0 spiro atoms. The maximum atomic E-state index is 12.1. The molecule has 0 aromatic carbocycles. The first-order chi connectivity index (χ1) is 7.89. The van der Waals surface area contributed by atoms with E-state index in [2.05, 4.69) is 4.72 Å². The monoisotopic (exact) mass is 265 g/mol. The molecule has 1 heterocycles. The van der Waals surface area contributed by atoms with Crippen molar-refractivity contribution < 1.29 is 13.2 Å². The molecule has 1 aliphatic rings. The van der Waals surface area contributed by atoms with Gasteiger partial charge in [0.2, 0.25) is 0 Å². The number of nitrogens with one attached hydrogen (secondary N) is 1. The second kappa shape index (κ2) is 6.10. The molecule has 102 valence electrons. The fourth-order valence-corrected chi connectivity index (χ4v) is 3.56. The lowest BCUT2D eigenvalue weighted by molar-refractivity contribution is -0.0444. The van der Waals surface area contributed by atoms with Crippen LogP contribution >= 0.6 is 0 Å². The summed E-state index contributed by atoms with van der Waals surface area (Å²) in [6, 6.07) is -0.201. The summed E-state index contributed by atoms with van der Waals surface area (Å²) in [6.45, 7) is 6.74. The summed E-state index contributed by atoms with van der Waals surface area (Å²) in [5.74, 6) is 0. The first-order valence-electron chi connectivity index (χ1n) is 6.02. The third kappa shape index (κ3) is 4.18. The van der Waals surface area contributed by atoms with E-state index in [4.69, 9.17) is 10.5 Å². The quantitative estimate of drug-likeness (QED) is 0.712. The molecule has 0 radical (unpaired) electrons. The number of ether oxygens (including phenoxy) is 1. The van der Waals surface area contributed by atoms with Gasteiger partial charge < -0.3 is 10.5 Å². The lowest BCUT2D eigenvalue weighted by Crippen LogP contribution is -2.54. The number of nitrogens with two attached hydrogens (primary N) is 1. The summed E-state index contributed by atoms with van der Waals surface area (Å²) in [5.41, 5.74) is 5.50. The van der Waals surface area contributed by atoms with Gasteiger partial charge in [0.1, 0.15) is 0 Å². The van der Waals surface area contributed by atoms with Crippen LogP contribution in [0.25, 0.3) is 0 Å². The van der Waals surface area contributed by atoms with E-state index in [1.165, 1.54) is 4.31 Å². The van der Waals surface area contributed by atoms with Crippen LogP contribution in [0.3, 0.4) is 0 Å². The van der Waals surface area contributed by atoms with E-state index in [0.29, 0.717) is 26.1 Å². The van der Waals surface area contributed by atoms with Gasteiger partial charge in [-0.2, -0.15) is 17.4 Å². The average molecular weight is 265 g/mol. The Labute approximate surface area is 104 Å². The summed E-state index contributed by atoms with van der Waals surface area (Å²) < 4.78 is 33.8. The van der Waals surface area contributed by atoms with E-state index in [1.807, 2.05) is 20.8 Å². The van der Waals surface area contributed by atoms with Crippen molar-refractivity contribution in [2.75, 3.05) is 19.6 Å². The molecular formula is C10H23N3O3S. The summed E-state index contributed by atoms with van der Waals surface area (Å²) >= 11 is 0. The predicted molar refractivity (Wildman–Crippen MR) is 66.8 cm³/mol. The van der Waals surface area contributed by atoms with E-state index >= 15 is 0 Å². The Morgan fingerprint density at radius 1 is 1.41 bits per heavy atom. The Morgan fingerprint density at radius 3 is 2.35 bits per heavy atom. The molecule has 1 fully saturated rings. The first kappa shape index (κ1) is 14.8. The highest BCUT2D eigenvalue weighted by molar-refractivity contribution is 7.87. The van der Waals surface area contributed by atoms with E-state index in [0.717, 1.165) is 0 Å². The summed E-state index contributed by atoms with van der Waals surface area (Å²) in [5, 5.41) is 0. The topological polar surface area (TPSA) is 84.7 Å². The highest BCUT2D eigenvalue weighted by Crippen LogP contribution is 2.13. The molecule has 3 N–H and O–H groups in total. The molecule has 0 aliphatic carbocycles. The third-order valence-corrected chi connectivity index (χ3v) is 4.43. The lowest BCUT2D eigenvalue weighted by Gasteiger charge is -2.35. The molecule has 1 rings (SSSR count). The minimum absolute atomic E-state index is 0.0757. The van der Waals surface area contributed by atoms with Gasteiger partial charge >= 0.3 is 0 Å². The molecule has 0 saturated carbocycles. The zero-order valence-corrected chi connectivity index (χ0v) is 11.5. The van der Waals surface area contributed by atoms with Crippen molar-refractivity contribution in [1.29, 1.82) is 0 Å². The maximum absolute atomic E-state index is 12.1. The van der Waals surface area contributed by atoms with E-state index < -0.39 is 10.2 Å². The SMILES string of the molecule is CCC(CN)NS(=O)(=O)N1CC(C)OC(C)C1. The molecule has 17 heavy (non-hydrogen) atoms. The maximum Gasteiger partial charge on any atom is 0.279 e. The Hall–Kier alpha value is -0.210. The van der Waals surface area contributed by atoms with Crippen LogP contribution in [0.15, 0.2) is 0 Å². The molecule has 6 nitrogen and oxygen atoms in total. The van der Waals surface area contributed by atoms with Crippen molar-refractivity contribution in [1.82, 2.24) is 9.03 Å². The van der Waals surface area contributed by atoms with Gasteiger partial charge in [0.15, 0.2) is 0 Å². The fourth-order valence-electron chi connectivity index (χ4n) is 1.91. The molecular weight excluding hydrogens is 242 g/mol. The molecule has 0 bridgehead atoms. The smallest absolute Gasteiger partial charge is 0.279 e. The van der Waals surface area contributed by atoms with Crippen molar-refractivity contribution in [3.63, 3.8) is 0 Å². The van der Waals surface area contributed by atoms with Crippen LogP contribution in [0.5, 0.6) is 0 Å². The number of rotatable bonds is 5. The second-order valence-corrected chi connectivity index (χ2v) is 6.24. The molecule has 0 amide bonds. The van der Waals surface area contributed by atoms with Crippen LogP contribution in [-0.4, -0.2) is 50.6 Å². The van der Waals surface area contributed by atoms with Crippen LogP contribution in [-0.2, 0) is 14.9 Å². The number of nitrogens with zero attached hydrogens (tertiary/aromatic N) is 1. The van der Waals surface area contributed by atoms with Gasteiger partial charge in [0, 0.05) is 25.7 Å². The highest BCUT2D eigenvalue weighted by atomic mass is 32.2. The largest absolute Gasteiger partial charge is 0.373 e. The van der Waals surface area contributed by atoms with Gasteiger partial charge in [-0.15, -0.1) is 0 Å². The Bertz CT molecular complexity index is 320. The van der Waals surface area contributed by atoms with E-state index in [-0.39, 0.29) is 18.2 Å². The Kier molecular flexibility index (Phi) is 5.33. The lowest BCUT2D eigenvalue weighted by atomic mass is 10.2. The molecule has 7 heteroatoms. The molecule has 1 saturated heterocycles. The first-order valence-corrected chi connectivity index (χ1v) is 7.46. The van der Waals surface area contributed by atoms with Crippen LogP contribution in [0.4, 0.5) is 0 Å². The number of hydrogen-bond acceptors (Lipinski definition) is 4. The van der Waals surface area contributed by atoms with E-state index in [1.54, 1.807) is 0 Å². The summed E-state index contributed by atoms with van der Waals surface area (Å²) in [4.78, 5) is 0. The molecule has 0 aromatic rings. The van der Waals surface area contributed by atoms with Gasteiger partial charge in [0.05, 0.1) is 12.2 Å². The van der Waals surface area contributed by atoms with Crippen LogP contribution in [0.1, 0.15) is 27.2 Å². The van der Waals surface area contributed by atoms with Gasteiger partial charge in [-0.05, 0) is 20.3 Å². The molecule has 3 atom stereocenters. The number of morpholine rings is 1. The Morgan fingerprint density at radius 2 is 1.94 bits per heavy atom. The zero-order chi connectivity index (χ0) is 13.1. The third-order valence-electron chi connectivity index (χ3n) is 2.82. The minimum Gasteiger partial charge on any atom is -0.373 e. The van der Waals surface area contributed by atoms with Gasteiger partial charge in [-0.1, -0.05) is 6.92 Å². The van der Waals surface area contributed by atoms with Crippen molar-refractivity contribution in [2.45, 2.75) is 45.4 Å². The van der Waals surface area contributed by atoms with Crippen molar-refractivity contribution in [3.8, 4) is 0 Å². The van der Waals surface area contributed by atoms with Gasteiger partial charge in [-0.3, -0.25) is 0 Å². The van der Waals surface area contributed by atoms with E-state index in [9.17, 15) is 8.42 Å². The van der Waals surface area contributed by atoms with Gasteiger partial charge in [-0.25, -0.2) is 0 Å². The van der Waals surface area contributed by atoms with Gasteiger partial charge in [0.25, 0.3) is 10.2 Å². The second-order valence-electron chi connectivity index (χ2n) is 4.54. The standard InChI is InChI=1S/C10H23N3O3S/c1-4-10(5-11)12-17(14,15)13-6-8(2)16-9(3)7-13/h8-10,12H,4-7,11H2,1-3H3. The number of hydrogen-bond donors (Lipinski definition) is 2. The average Bonchev–Trinajstić information content (AvgIpc) is 2.24. The zero-order valence-electron chi connectivity index (χ0n) is 10.7. The molecule has 0 aromatic heterocycles. The fraction of sp³-hybridized carbons (Fsp3) is 1.00.